The minimum Gasteiger partial charge on any atom is -0.462 e. The van der Waals surface area contributed by atoms with Crippen LogP contribution in [-0.4, -0.2) is 13.7 Å². The van der Waals surface area contributed by atoms with Crippen LogP contribution in [0.5, 0.6) is 0 Å². The highest BCUT2D eigenvalue weighted by atomic mass is 79.9. The Bertz CT molecular complexity index is 571. The van der Waals surface area contributed by atoms with Gasteiger partial charge in [0, 0.05) is 11.6 Å². The monoisotopic (exact) mass is 357 g/mol. The first-order chi connectivity index (χ1) is 9.67. The molecule has 0 radical (unpaired) electrons. The first kappa shape index (κ1) is 15.6. The van der Waals surface area contributed by atoms with Gasteiger partial charge in [0.2, 0.25) is 0 Å². The van der Waals surface area contributed by atoms with Crippen molar-refractivity contribution >= 4 is 27.5 Å². The zero-order valence-electron chi connectivity index (χ0n) is 11.5. The summed E-state index contributed by atoms with van der Waals surface area (Å²) in [6.07, 6.45) is 0. The van der Waals surface area contributed by atoms with Crippen LogP contribution in [0.1, 0.15) is 30.0 Å². The van der Waals surface area contributed by atoms with E-state index in [9.17, 15) is 0 Å². The maximum Gasteiger partial charge on any atom is 0.129 e. The molecule has 20 heavy (non-hydrogen) atoms. The molecule has 0 amide bonds. The van der Waals surface area contributed by atoms with E-state index < -0.39 is 0 Å². The molecule has 0 aliphatic heterocycles. The fraction of sp³-hybridized carbons (Fsp3) is 0.333. The summed E-state index contributed by atoms with van der Waals surface area (Å²) in [5.74, 6) is 1.63. The number of furan rings is 1. The molecule has 0 saturated heterocycles. The molecule has 2 aromatic rings. The van der Waals surface area contributed by atoms with Crippen LogP contribution >= 0.6 is 27.5 Å². The number of ether oxygens (including phenoxy) is 1. The van der Waals surface area contributed by atoms with E-state index in [0.717, 1.165) is 28.1 Å². The number of hydrogen-bond acceptors (Lipinski definition) is 3. The second kappa shape index (κ2) is 7.27. The molecule has 0 aliphatic rings. The lowest BCUT2D eigenvalue weighted by molar-refractivity contribution is 0.162. The van der Waals surface area contributed by atoms with Gasteiger partial charge in [0.05, 0.1) is 11.1 Å². The molecule has 1 heterocycles. The summed E-state index contributed by atoms with van der Waals surface area (Å²) in [7, 11) is 1.65. The molecule has 1 aromatic heterocycles. The number of benzene rings is 1. The van der Waals surface area contributed by atoms with E-state index in [2.05, 4.69) is 28.2 Å². The van der Waals surface area contributed by atoms with Crippen LogP contribution in [0.3, 0.4) is 0 Å². The molecule has 5 heteroatoms. The first-order valence-corrected chi connectivity index (χ1v) is 7.59. The molecule has 1 atom stereocenters. The van der Waals surface area contributed by atoms with Crippen molar-refractivity contribution in [3.05, 3.63) is 56.9 Å². The van der Waals surface area contributed by atoms with Crippen molar-refractivity contribution in [2.45, 2.75) is 19.6 Å². The highest BCUT2D eigenvalue weighted by Crippen LogP contribution is 2.34. The van der Waals surface area contributed by atoms with Crippen LogP contribution in [0.15, 0.2) is 39.2 Å². The summed E-state index contributed by atoms with van der Waals surface area (Å²) in [4.78, 5) is 0. The van der Waals surface area contributed by atoms with Crippen molar-refractivity contribution in [2.75, 3.05) is 13.7 Å². The van der Waals surface area contributed by atoms with Crippen molar-refractivity contribution in [2.24, 2.45) is 0 Å². The SMILES string of the molecule is CCNC(c1ccc(COC)o1)c1cccc(Br)c1Cl. The molecule has 1 unspecified atom stereocenters. The molecular weight excluding hydrogens is 342 g/mol. The number of rotatable bonds is 6. The molecular formula is C15H17BrClNO2. The van der Waals surface area contributed by atoms with Gasteiger partial charge in [-0.05, 0) is 46.2 Å². The van der Waals surface area contributed by atoms with Crippen LogP contribution in [0.25, 0.3) is 0 Å². The fourth-order valence-corrected chi connectivity index (χ4v) is 2.70. The van der Waals surface area contributed by atoms with E-state index >= 15 is 0 Å². The number of halogens is 2. The molecule has 3 nitrogen and oxygen atoms in total. The Labute approximate surface area is 132 Å². The molecule has 108 valence electrons. The Morgan fingerprint density at radius 3 is 2.85 bits per heavy atom. The molecule has 0 fully saturated rings. The second-order valence-corrected chi connectivity index (χ2v) is 5.60. The largest absolute Gasteiger partial charge is 0.462 e. The highest BCUT2D eigenvalue weighted by Gasteiger charge is 2.20. The van der Waals surface area contributed by atoms with E-state index in [0.29, 0.717) is 11.6 Å². The summed E-state index contributed by atoms with van der Waals surface area (Å²) in [5.41, 5.74) is 0.987. The number of methoxy groups -OCH3 is 1. The molecule has 2 rings (SSSR count). The lowest BCUT2D eigenvalue weighted by Gasteiger charge is -2.18. The molecule has 0 bridgehead atoms. The van der Waals surface area contributed by atoms with Crippen molar-refractivity contribution in [1.82, 2.24) is 5.32 Å². The zero-order valence-corrected chi connectivity index (χ0v) is 13.8. The summed E-state index contributed by atoms with van der Waals surface area (Å²) in [6, 6.07) is 9.70. The summed E-state index contributed by atoms with van der Waals surface area (Å²) < 4.78 is 11.8. The average molecular weight is 359 g/mol. The lowest BCUT2D eigenvalue weighted by Crippen LogP contribution is -2.21. The second-order valence-electron chi connectivity index (χ2n) is 4.37. The maximum absolute atomic E-state index is 6.39. The minimum atomic E-state index is -0.0735. The van der Waals surface area contributed by atoms with Crippen LogP contribution in [-0.2, 0) is 11.3 Å². The van der Waals surface area contributed by atoms with Crippen LogP contribution in [0, 0.1) is 0 Å². The molecule has 0 spiro atoms. The summed E-state index contributed by atoms with van der Waals surface area (Å²) in [6.45, 7) is 3.33. The third kappa shape index (κ3) is 3.44. The molecule has 1 N–H and O–H groups in total. The first-order valence-electron chi connectivity index (χ1n) is 6.42. The van der Waals surface area contributed by atoms with Gasteiger partial charge in [-0.1, -0.05) is 30.7 Å². The summed E-state index contributed by atoms with van der Waals surface area (Å²) >= 11 is 9.85. The van der Waals surface area contributed by atoms with Gasteiger partial charge < -0.3 is 14.5 Å². The Hall–Kier alpha value is -0.810. The topological polar surface area (TPSA) is 34.4 Å². The van der Waals surface area contributed by atoms with Crippen molar-refractivity contribution in [1.29, 1.82) is 0 Å². The van der Waals surface area contributed by atoms with E-state index in [1.165, 1.54) is 0 Å². The van der Waals surface area contributed by atoms with Gasteiger partial charge in [0.1, 0.15) is 18.1 Å². The van der Waals surface area contributed by atoms with Gasteiger partial charge in [-0.2, -0.15) is 0 Å². The molecule has 0 saturated carbocycles. The van der Waals surface area contributed by atoms with Gasteiger partial charge in [-0.25, -0.2) is 0 Å². The molecule has 1 aromatic carbocycles. The summed E-state index contributed by atoms with van der Waals surface area (Å²) in [5, 5.41) is 4.10. The predicted octanol–water partition coefficient (Wildman–Crippen LogP) is 4.54. The Morgan fingerprint density at radius 1 is 1.35 bits per heavy atom. The van der Waals surface area contributed by atoms with Crippen LogP contribution < -0.4 is 5.32 Å². The highest BCUT2D eigenvalue weighted by molar-refractivity contribution is 9.10. The Kier molecular flexibility index (Phi) is 5.66. The van der Waals surface area contributed by atoms with E-state index in [-0.39, 0.29) is 6.04 Å². The van der Waals surface area contributed by atoms with Crippen molar-refractivity contribution < 1.29 is 9.15 Å². The number of nitrogens with one attached hydrogen (secondary N) is 1. The van der Waals surface area contributed by atoms with E-state index in [1.807, 2.05) is 30.3 Å². The quantitative estimate of drug-likeness (QED) is 0.823. The van der Waals surface area contributed by atoms with Crippen LogP contribution in [0.2, 0.25) is 5.02 Å². The molecule has 0 aliphatic carbocycles. The van der Waals surface area contributed by atoms with Gasteiger partial charge in [0.25, 0.3) is 0 Å². The van der Waals surface area contributed by atoms with Gasteiger partial charge in [-0.3, -0.25) is 0 Å². The van der Waals surface area contributed by atoms with Crippen LogP contribution in [0.4, 0.5) is 0 Å². The van der Waals surface area contributed by atoms with Crippen molar-refractivity contribution in [3.8, 4) is 0 Å². The van der Waals surface area contributed by atoms with Gasteiger partial charge >= 0.3 is 0 Å². The van der Waals surface area contributed by atoms with Gasteiger partial charge in [-0.15, -0.1) is 0 Å². The Morgan fingerprint density at radius 2 is 2.15 bits per heavy atom. The van der Waals surface area contributed by atoms with E-state index in [1.54, 1.807) is 7.11 Å². The zero-order chi connectivity index (χ0) is 14.5. The Balaban J connectivity index is 2.36. The van der Waals surface area contributed by atoms with E-state index in [4.69, 9.17) is 20.8 Å². The normalized spacial score (nSPS) is 12.6. The van der Waals surface area contributed by atoms with Gasteiger partial charge in [0.15, 0.2) is 0 Å². The average Bonchev–Trinajstić information content (AvgIpc) is 2.88. The smallest absolute Gasteiger partial charge is 0.129 e. The standard InChI is InChI=1S/C15H17BrClNO2/c1-3-18-15(11-5-4-6-12(16)14(11)17)13-8-7-10(20-13)9-19-2/h4-8,15,18H,3,9H2,1-2H3. The maximum atomic E-state index is 6.39. The third-order valence-electron chi connectivity index (χ3n) is 2.95. The predicted molar refractivity (Wildman–Crippen MR) is 84.1 cm³/mol. The number of hydrogen-bond donors (Lipinski definition) is 1. The fourth-order valence-electron chi connectivity index (χ4n) is 2.08. The third-order valence-corrected chi connectivity index (χ3v) is 4.27. The lowest BCUT2D eigenvalue weighted by atomic mass is 10.0. The minimum absolute atomic E-state index is 0.0735. The van der Waals surface area contributed by atoms with Crippen molar-refractivity contribution in [3.63, 3.8) is 0 Å².